The molecule has 0 fully saturated rings. The van der Waals surface area contributed by atoms with E-state index >= 15 is 0 Å². The summed E-state index contributed by atoms with van der Waals surface area (Å²) in [6.45, 7) is 5.70. The van der Waals surface area contributed by atoms with Gasteiger partial charge in [0.15, 0.2) is 0 Å². The van der Waals surface area contributed by atoms with Crippen molar-refractivity contribution >= 4 is 11.8 Å². The Morgan fingerprint density at radius 1 is 1.45 bits per heavy atom. The summed E-state index contributed by atoms with van der Waals surface area (Å²) in [7, 11) is 0. The van der Waals surface area contributed by atoms with E-state index in [1.165, 1.54) is 10.5 Å². The van der Waals surface area contributed by atoms with Crippen LogP contribution < -0.4 is 0 Å². The first-order valence-corrected chi connectivity index (χ1v) is 4.68. The minimum atomic E-state index is 1.07. The van der Waals surface area contributed by atoms with Crippen LogP contribution in [0.15, 0.2) is 29.7 Å². The highest BCUT2D eigenvalue weighted by molar-refractivity contribution is 7.98. The van der Waals surface area contributed by atoms with E-state index in [4.69, 9.17) is 0 Å². The zero-order chi connectivity index (χ0) is 8.27. The summed E-state index contributed by atoms with van der Waals surface area (Å²) >= 11 is 1.77. The fourth-order valence-electron chi connectivity index (χ4n) is 0.988. The standard InChI is InChI=1S/C10H11S/c1-4-9-5-6-10(11-3)8(2)7-9/h5-7H,1H2,2-3H3. The molecule has 0 aliphatic carbocycles. The maximum Gasteiger partial charge on any atom is 0.00987 e. The molecule has 11 heavy (non-hydrogen) atoms. The average Bonchev–Trinajstić information content (AvgIpc) is 2.04. The zero-order valence-electron chi connectivity index (χ0n) is 6.85. The van der Waals surface area contributed by atoms with E-state index in [0.717, 1.165) is 5.56 Å². The highest BCUT2D eigenvalue weighted by atomic mass is 32.2. The molecule has 1 aromatic carbocycles. The Hall–Kier alpha value is -0.690. The van der Waals surface area contributed by atoms with Crippen molar-refractivity contribution in [3.05, 3.63) is 42.0 Å². The Bertz CT molecular complexity index is 264. The summed E-state index contributed by atoms with van der Waals surface area (Å²) in [6.07, 6.45) is 4.94. The number of aryl methyl sites for hydroxylation is 1. The van der Waals surface area contributed by atoms with Crippen LogP contribution in [0.5, 0.6) is 0 Å². The Morgan fingerprint density at radius 2 is 2.18 bits per heavy atom. The van der Waals surface area contributed by atoms with E-state index in [1.807, 2.05) is 6.07 Å². The summed E-state index contributed by atoms with van der Waals surface area (Å²) in [6, 6.07) is 6.23. The predicted octanol–water partition coefficient (Wildman–Crippen LogP) is 3.05. The quantitative estimate of drug-likeness (QED) is 0.604. The Balaban J connectivity index is 3.09. The van der Waals surface area contributed by atoms with Crippen LogP contribution in [0.2, 0.25) is 0 Å². The summed E-state index contributed by atoms with van der Waals surface area (Å²) in [4.78, 5) is 1.32. The average molecular weight is 163 g/mol. The highest BCUT2D eigenvalue weighted by Gasteiger charge is 1.95. The van der Waals surface area contributed by atoms with Crippen LogP contribution in [-0.2, 0) is 0 Å². The highest BCUT2D eigenvalue weighted by Crippen LogP contribution is 2.20. The van der Waals surface area contributed by atoms with Gasteiger partial charge in [0, 0.05) is 4.90 Å². The molecular weight excluding hydrogens is 152 g/mol. The van der Waals surface area contributed by atoms with Gasteiger partial charge in [-0.15, -0.1) is 11.8 Å². The summed E-state index contributed by atoms with van der Waals surface area (Å²) in [5, 5.41) is 0. The number of rotatable bonds is 2. The second kappa shape index (κ2) is 3.63. The molecule has 0 saturated carbocycles. The van der Waals surface area contributed by atoms with Gasteiger partial charge in [-0.05, 0) is 36.4 Å². The van der Waals surface area contributed by atoms with E-state index in [1.54, 1.807) is 11.8 Å². The number of hydrogen-bond donors (Lipinski definition) is 0. The topological polar surface area (TPSA) is 0 Å². The van der Waals surface area contributed by atoms with Crippen molar-refractivity contribution in [2.75, 3.05) is 6.26 Å². The molecule has 1 aromatic rings. The van der Waals surface area contributed by atoms with Crippen LogP contribution >= 0.6 is 11.8 Å². The van der Waals surface area contributed by atoms with E-state index in [9.17, 15) is 0 Å². The lowest BCUT2D eigenvalue weighted by Crippen LogP contribution is -1.80. The van der Waals surface area contributed by atoms with Crippen LogP contribution in [0.3, 0.4) is 0 Å². The molecule has 0 amide bonds. The smallest absolute Gasteiger partial charge is 0.00987 e. The van der Waals surface area contributed by atoms with Gasteiger partial charge < -0.3 is 0 Å². The third-order valence-corrected chi connectivity index (χ3v) is 2.50. The lowest BCUT2D eigenvalue weighted by Gasteiger charge is -2.01. The molecule has 0 aliphatic rings. The van der Waals surface area contributed by atoms with E-state index < -0.39 is 0 Å². The SMILES string of the molecule is C=[C]c1ccc(SC)c(C)c1. The summed E-state index contributed by atoms with van der Waals surface area (Å²) < 4.78 is 0. The van der Waals surface area contributed by atoms with E-state index in [0.29, 0.717) is 0 Å². The molecule has 1 radical (unpaired) electrons. The van der Waals surface area contributed by atoms with Crippen molar-refractivity contribution in [2.24, 2.45) is 0 Å². The number of thioether (sulfide) groups is 1. The van der Waals surface area contributed by atoms with Gasteiger partial charge in [-0.3, -0.25) is 0 Å². The molecule has 57 valence electrons. The molecule has 0 atom stereocenters. The lowest BCUT2D eigenvalue weighted by atomic mass is 10.1. The third kappa shape index (κ3) is 1.87. The van der Waals surface area contributed by atoms with Crippen molar-refractivity contribution in [1.82, 2.24) is 0 Å². The number of hydrogen-bond acceptors (Lipinski definition) is 1. The van der Waals surface area contributed by atoms with Crippen molar-refractivity contribution in [3.63, 3.8) is 0 Å². The maximum absolute atomic E-state index is 3.60. The van der Waals surface area contributed by atoms with Crippen molar-refractivity contribution in [3.8, 4) is 0 Å². The molecule has 0 unspecified atom stereocenters. The van der Waals surface area contributed by atoms with Gasteiger partial charge in [0.25, 0.3) is 0 Å². The molecule has 0 nitrogen and oxygen atoms in total. The zero-order valence-corrected chi connectivity index (χ0v) is 7.66. The fraction of sp³-hybridized carbons (Fsp3) is 0.200. The van der Waals surface area contributed by atoms with Crippen LogP contribution in [0.4, 0.5) is 0 Å². The molecule has 0 saturated heterocycles. The van der Waals surface area contributed by atoms with Gasteiger partial charge in [0.2, 0.25) is 0 Å². The van der Waals surface area contributed by atoms with Crippen LogP contribution in [-0.4, -0.2) is 6.26 Å². The fourth-order valence-corrected chi connectivity index (χ4v) is 1.57. The van der Waals surface area contributed by atoms with Gasteiger partial charge in [0.1, 0.15) is 0 Å². The minimum absolute atomic E-state index is 1.07. The molecule has 1 rings (SSSR count). The van der Waals surface area contributed by atoms with Crippen LogP contribution in [0, 0.1) is 13.0 Å². The summed E-state index contributed by atoms with van der Waals surface area (Å²) in [5.41, 5.74) is 2.37. The van der Waals surface area contributed by atoms with Gasteiger partial charge in [-0.2, -0.15) is 0 Å². The molecule has 0 aromatic heterocycles. The summed E-state index contributed by atoms with van der Waals surface area (Å²) in [5.74, 6) is 0. The molecule has 0 spiro atoms. The van der Waals surface area contributed by atoms with Crippen molar-refractivity contribution < 1.29 is 0 Å². The van der Waals surface area contributed by atoms with Gasteiger partial charge in [-0.1, -0.05) is 18.7 Å². The Labute approximate surface area is 72.3 Å². The largest absolute Gasteiger partial charge is 0.129 e. The van der Waals surface area contributed by atoms with E-state index in [-0.39, 0.29) is 0 Å². The molecule has 0 bridgehead atoms. The lowest BCUT2D eigenvalue weighted by molar-refractivity contribution is 1.29. The maximum atomic E-state index is 3.60. The molecule has 0 heterocycles. The Kier molecular flexibility index (Phi) is 2.77. The van der Waals surface area contributed by atoms with E-state index in [2.05, 4.69) is 38.0 Å². The third-order valence-electron chi connectivity index (χ3n) is 1.60. The monoisotopic (exact) mass is 163 g/mol. The first-order chi connectivity index (χ1) is 5.27. The first-order valence-electron chi connectivity index (χ1n) is 3.45. The normalized spacial score (nSPS) is 9.64. The van der Waals surface area contributed by atoms with Crippen molar-refractivity contribution in [2.45, 2.75) is 11.8 Å². The van der Waals surface area contributed by atoms with Crippen LogP contribution in [0.1, 0.15) is 11.1 Å². The van der Waals surface area contributed by atoms with Gasteiger partial charge in [0.05, 0.1) is 0 Å². The molecule has 0 aliphatic heterocycles. The molecular formula is C10H11S. The van der Waals surface area contributed by atoms with Crippen LogP contribution in [0.25, 0.3) is 0 Å². The predicted molar refractivity (Wildman–Crippen MR) is 50.9 cm³/mol. The first kappa shape index (κ1) is 8.41. The van der Waals surface area contributed by atoms with Gasteiger partial charge >= 0.3 is 0 Å². The number of benzene rings is 1. The molecule has 0 N–H and O–H groups in total. The minimum Gasteiger partial charge on any atom is -0.129 e. The molecule has 1 heteroatoms. The second-order valence-electron chi connectivity index (χ2n) is 2.36. The Morgan fingerprint density at radius 3 is 2.64 bits per heavy atom. The van der Waals surface area contributed by atoms with Gasteiger partial charge in [-0.25, -0.2) is 0 Å². The second-order valence-corrected chi connectivity index (χ2v) is 3.21. The van der Waals surface area contributed by atoms with Crippen molar-refractivity contribution in [1.29, 1.82) is 0 Å².